The van der Waals surface area contributed by atoms with Crippen LogP contribution < -0.4 is 18.5 Å². The maximum Gasteiger partial charge on any atom is 0.411 e. The molecule has 3 aliphatic rings. The first-order chi connectivity index (χ1) is 24.6. The number of hydrogen-bond acceptors (Lipinski definition) is 12. The van der Waals surface area contributed by atoms with Crippen LogP contribution >= 0.6 is 0 Å². The summed E-state index contributed by atoms with van der Waals surface area (Å²) in [7, 11) is -2.00. The van der Waals surface area contributed by atoms with E-state index in [1.54, 1.807) is 13.0 Å². The monoisotopic (exact) mass is 718 g/mol. The minimum absolute atomic E-state index is 0.0160. The standard InChI is InChI=1S/C36H42N6O8S/c1-5-39-16-13-26(14-17-39)40-18-20-41(21-19-40)35(44)50-36(28-8-7-15-38-33(28)49-6-2)29-22-25(24-37)9-11-30(29)42(34(36)43)51(45,46)32-12-10-27(47-3)23-31(32)48-4/h7-12,15,22-23,26H,5-6,13-14,16-21H2,1-4H3. The summed E-state index contributed by atoms with van der Waals surface area (Å²) in [6, 6.07) is 13.7. The Labute approximate surface area is 298 Å². The lowest BCUT2D eigenvalue weighted by Crippen LogP contribution is -2.56. The number of aromatic nitrogens is 1. The third-order valence-corrected chi connectivity index (χ3v) is 11.6. The molecule has 51 heavy (non-hydrogen) atoms. The number of fused-ring (bicyclic) bond motifs is 1. The number of piperazine rings is 1. The van der Waals surface area contributed by atoms with E-state index >= 15 is 4.79 Å². The van der Waals surface area contributed by atoms with E-state index in [1.807, 2.05) is 0 Å². The number of nitriles is 1. The summed E-state index contributed by atoms with van der Waals surface area (Å²) in [5.41, 5.74) is -2.38. The molecule has 0 saturated carbocycles. The van der Waals surface area contributed by atoms with Crippen molar-refractivity contribution in [2.24, 2.45) is 0 Å². The van der Waals surface area contributed by atoms with Crippen molar-refractivity contribution in [3.63, 3.8) is 0 Å². The molecule has 2 amide bonds. The highest BCUT2D eigenvalue weighted by molar-refractivity contribution is 7.93. The Morgan fingerprint density at radius 1 is 0.980 bits per heavy atom. The van der Waals surface area contributed by atoms with Crippen LogP contribution in [0.1, 0.15) is 43.4 Å². The van der Waals surface area contributed by atoms with Gasteiger partial charge in [-0.1, -0.05) is 6.92 Å². The van der Waals surface area contributed by atoms with Crippen LogP contribution in [-0.4, -0.2) is 113 Å². The molecule has 0 spiro atoms. The Balaban J connectivity index is 1.43. The van der Waals surface area contributed by atoms with Crippen LogP contribution in [0.3, 0.4) is 0 Å². The van der Waals surface area contributed by atoms with Gasteiger partial charge in [-0.3, -0.25) is 9.69 Å². The van der Waals surface area contributed by atoms with E-state index in [1.165, 1.54) is 67.8 Å². The van der Waals surface area contributed by atoms with Crippen molar-refractivity contribution < 1.29 is 37.0 Å². The predicted molar refractivity (Wildman–Crippen MR) is 186 cm³/mol. The number of sulfonamides is 1. The van der Waals surface area contributed by atoms with Gasteiger partial charge in [0.25, 0.3) is 21.5 Å². The zero-order valence-electron chi connectivity index (χ0n) is 29.2. The van der Waals surface area contributed by atoms with Crippen molar-refractivity contribution in [3.8, 4) is 23.4 Å². The van der Waals surface area contributed by atoms with Crippen molar-refractivity contribution in [1.29, 1.82) is 5.26 Å². The lowest BCUT2D eigenvalue weighted by molar-refractivity contribution is -0.132. The lowest BCUT2D eigenvalue weighted by Gasteiger charge is -2.43. The van der Waals surface area contributed by atoms with E-state index < -0.39 is 27.6 Å². The number of benzene rings is 2. The first-order valence-electron chi connectivity index (χ1n) is 17.0. The van der Waals surface area contributed by atoms with Crippen LogP contribution in [-0.2, 0) is 25.2 Å². The molecule has 0 aliphatic carbocycles. The number of likely N-dealkylation sites (tertiary alicyclic amines) is 1. The minimum Gasteiger partial charge on any atom is -0.497 e. The van der Waals surface area contributed by atoms with Gasteiger partial charge in [0.1, 0.15) is 16.4 Å². The number of anilines is 1. The van der Waals surface area contributed by atoms with Crippen LogP contribution in [0.25, 0.3) is 0 Å². The fourth-order valence-corrected chi connectivity index (χ4v) is 8.75. The highest BCUT2D eigenvalue weighted by Crippen LogP contribution is 2.52. The highest BCUT2D eigenvalue weighted by atomic mass is 32.2. The number of methoxy groups -OCH3 is 2. The quantitative estimate of drug-likeness (QED) is 0.301. The molecular weight excluding hydrogens is 676 g/mol. The van der Waals surface area contributed by atoms with Crippen LogP contribution in [0.4, 0.5) is 10.5 Å². The van der Waals surface area contributed by atoms with Gasteiger partial charge in [0.2, 0.25) is 5.88 Å². The van der Waals surface area contributed by atoms with E-state index in [0.29, 0.717) is 42.3 Å². The normalized spacial score (nSPS) is 20.1. The second kappa shape index (κ2) is 14.7. The molecule has 15 heteroatoms. The molecule has 3 aromatic rings. The number of hydrogen-bond donors (Lipinski definition) is 0. The minimum atomic E-state index is -4.74. The number of ether oxygens (including phenoxy) is 4. The largest absolute Gasteiger partial charge is 0.497 e. The molecule has 2 saturated heterocycles. The van der Waals surface area contributed by atoms with Crippen LogP contribution in [0.2, 0.25) is 0 Å². The SMILES string of the molecule is CCOc1ncccc1C1(OC(=O)N2CCN(C3CCN(CC)CC3)CC2)C(=O)N(S(=O)(=O)c2ccc(OC)cc2OC)c2ccc(C#N)cc21. The van der Waals surface area contributed by atoms with Gasteiger partial charge in [-0.05, 0) is 81.9 Å². The van der Waals surface area contributed by atoms with Crippen molar-refractivity contribution >= 4 is 27.7 Å². The van der Waals surface area contributed by atoms with Crippen LogP contribution in [0.5, 0.6) is 17.4 Å². The summed E-state index contributed by atoms with van der Waals surface area (Å²) < 4.78 is 52.7. The molecule has 0 radical (unpaired) electrons. The molecule has 2 aromatic carbocycles. The Bertz CT molecular complexity index is 1940. The summed E-state index contributed by atoms with van der Waals surface area (Å²) >= 11 is 0. The maximum absolute atomic E-state index is 15.1. The third-order valence-electron chi connectivity index (χ3n) is 9.86. The third kappa shape index (κ3) is 6.43. The number of carbonyl (C=O) groups excluding carboxylic acids is 2. The smallest absolute Gasteiger partial charge is 0.411 e. The van der Waals surface area contributed by atoms with Crippen molar-refractivity contribution in [2.75, 3.05) is 70.9 Å². The summed E-state index contributed by atoms with van der Waals surface area (Å²) in [5.74, 6) is -0.862. The lowest BCUT2D eigenvalue weighted by atomic mass is 9.87. The fourth-order valence-electron chi connectivity index (χ4n) is 7.15. The first-order valence-corrected chi connectivity index (χ1v) is 18.5. The molecule has 1 atom stereocenters. The van der Waals surface area contributed by atoms with E-state index in [0.717, 1.165) is 32.5 Å². The highest BCUT2D eigenvalue weighted by Gasteiger charge is 2.61. The molecule has 2 fully saturated rings. The molecule has 6 rings (SSSR count). The summed E-state index contributed by atoms with van der Waals surface area (Å²) in [6.07, 6.45) is 2.75. The molecule has 0 bridgehead atoms. The van der Waals surface area contributed by atoms with Crippen molar-refractivity contribution in [2.45, 2.75) is 43.2 Å². The van der Waals surface area contributed by atoms with Gasteiger partial charge >= 0.3 is 6.09 Å². The van der Waals surface area contributed by atoms with E-state index in [4.69, 9.17) is 18.9 Å². The predicted octanol–water partition coefficient (Wildman–Crippen LogP) is 3.59. The van der Waals surface area contributed by atoms with Gasteiger partial charge in [0, 0.05) is 50.0 Å². The van der Waals surface area contributed by atoms with Gasteiger partial charge in [0.05, 0.1) is 43.7 Å². The second-order valence-electron chi connectivity index (χ2n) is 12.5. The zero-order valence-corrected chi connectivity index (χ0v) is 30.0. The molecular formula is C36H42N6O8S. The molecule has 4 heterocycles. The van der Waals surface area contributed by atoms with Gasteiger partial charge in [-0.25, -0.2) is 18.2 Å². The summed E-state index contributed by atoms with van der Waals surface area (Å²) in [6.45, 7) is 9.08. The number of pyridine rings is 1. The molecule has 1 unspecified atom stereocenters. The molecule has 0 N–H and O–H groups in total. The Morgan fingerprint density at radius 3 is 2.37 bits per heavy atom. The van der Waals surface area contributed by atoms with Crippen LogP contribution in [0.15, 0.2) is 59.6 Å². The average molecular weight is 719 g/mol. The van der Waals surface area contributed by atoms with Gasteiger partial charge in [-0.15, -0.1) is 0 Å². The van der Waals surface area contributed by atoms with Gasteiger partial charge in [-0.2, -0.15) is 9.57 Å². The van der Waals surface area contributed by atoms with Gasteiger partial charge < -0.3 is 28.7 Å². The van der Waals surface area contributed by atoms with Crippen LogP contribution in [0, 0.1) is 11.3 Å². The van der Waals surface area contributed by atoms with E-state index in [-0.39, 0.29) is 45.5 Å². The number of amides is 2. The number of piperidine rings is 1. The number of carbonyl (C=O) groups is 2. The zero-order chi connectivity index (χ0) is 36.3. The molecule has 14 nitrogen and oxygen atoms in total. The molecule has 1 aromatic heterocycles. The second-order valence-corrected chi connectivity index (χ2v) is 14.2. The fraction of sp³-hybridized carbons (Fsp3) is 0.444. The van der Waals surface area contributed by atoms with E-state index in [2.05, 4.69) is 27.8 Å². The first kappa shape index (κ1) is 35.9. The molecule has 270 valence electrons. The Morgan fingerprint density at radius 2 is 1.73 bits per heavy atom. The summed E-state index contributed by atoms with van der Waals surface area (Å²) in [5, 5.41) is 9.93. The maximum atomic E-state index is 15.1. The Hall–Kier alpha value is -4.91. The molecule has 3 aliphatic heterocycles. The number of rotatable bonds is 10. The van der Waals surface area contributed by atoms with E-state index in [9.17, 15) is 18.5 Å². The Kier molecular flexibility index (Phi) is 10.4. The number of nitrogens with zero attached hydrogens (tertiary/aromatic N) is 6. The van der Waals surface area contributed by atoms with Gasteiger partial charge in [0.15, 0.2) is 0 Å². The summed E-state index contributed by atoms with van der Waals surface area (Å²) in [4.78, 5) is 39.8. The van der Waals surface area contributed by atoms with Crippen molar-refractivity contribution in [3.05, 3.63) is 71.4 Å². The topological polar surface area (TPSA) is 155 Å². The average Bonchev–Trinajstić information content (AvgIpc) is 3.42. The van der Waals surface area contributed by atoms with Crippen molar-refractivity contribution in [1.82, 2.24) is 19.7 Å².